The molecule has 0 fully saturated rings. The van der Waals surface area contributed by atoms with Gasteiger partial charge in [0.2, 0.25) is 0 Å². The number of halogens is 6. The first-order valence-electron chi connectivity index (χ1n) is 11.4. The van der Waals surface area contributed by atoms with Crippen LogP contribution in [0.25, 0.3) is 42.4 Å². The maximum absolute atomic E-state index is 15.7. The number of benzene rings is 3. The first-order valence-corrected chi connectivity index (χ1v) is 13.1. The zero-order valence-corrected chi connectivity index (χ0v) is 21.1. The highest BCUT2D eigenvalue weighted by atomic mass is 32.1. The van der Waals surface area contributed by atoms with E-state index in [9.17, 15) is 0 Å². The maximum Gasteiger partial charge on any atom is 0.380 e. The number of fused-ring (bicyclic) bond motifs is 2. The Kier molecular flexibility index (Phi) is 5.21. The lowest BCUT2D eigenvalue weighted by atomic mass is 9.91. The van der Waals surface area contributed by atoms with Crippen molar-refractivity contribution in [3.63, 3.8) is 0 Å². The van der Waals surface area contributed by atoms with Crippen LogP contribution in [-0.2, 0) is 0 Å². The molecule has 0 spiro atoms. The number of allylic oxidation sites excluding steroid dienone is 2. The molecule has 3 aromatic carbocycles. The first-order chi connectivity index (χ1) is 17.5. The quantitative estimate of drug-likeness (QED) is 0.198. The molecule has 1 aliphatic carbocycles. The summed E-state index contributed by atoms with van der Waals surface area (Å²) in [6.07, 6.45) is 0. The van der Waals surface area contributed by atoms with Crippen LogP contribution in [0.15, 0.2) is 72.8 Å². The molecular weight excluding hydrogens is 526 g/mol. The molecule has 0 saturated heterocycles. The fourth-order valence-electron chi connectivity index (χ4n) is 5.21. The Balaban J connectivity index is 1.75. The predicted octanol–water partition coefficient (Wildman–Crippen LogP) is 10.2. The third kappa shape index (κ3) is 3.21. The summed E-state index contributed by atoms with van der Waals surface area (Å²) in [5.41, 5.74) is -1.60. The summed E-state index contributed by atoms with van der Waals surface area (Å²) in [6.45, 7) is 3.01. The molecular formula is C29H18F6S2. The maximum atomic E-state index is 15.7. The highest BCUT2D eigenvalue weighted by Crippen LogP contribution is 2.67. The smallest absolute Gasteiger partial charge is 0.194 e. The standard InChI is InChI=1S/C29H18F6S2/c1-15-23(19-10-6-7-11-21(19)36-15)25-26(28(32,33)29(34,35)27(25,30)31)24-16(2)37-22-13-12-18(14-20(22)24)17-8-4-3-5-9-17/h3-14H,1-2H3. The van der Waals surface area contributed by atoms with Crippen molar-refractivity contribution in [1.82, 2.24) is 0 Å². The molecule has 1 aliphatic rings. The molecule has 0 bridgehead atoms. The van der Waals surface area contributed by atoms with Crippen molar-refractivity contribution in [2.24, 2.45) is 0 Å². The van der Waals surface area contributed by atoms with Crippen molar-refractivity contribution in [3.05, 3.63) is 93.7 Å². The van der Waals surface area contributed by atoms with Crippen LogP contribution in [0.1, 0.15) is 20.9 Å². The molecule has 5 aromatic rings. The van der Waals surface area contributed by atoms with Gasteiger partial charge in [0.25, 0.3) is 0 Å². The van der Waals surface area contributed by atoms with Crippen molar-refractivity contribution in [3.8, 4) is 11.1 Å². The summed E-state index contributed by atoms with van der Waals surface area (Å²) in [7, 11) is 0. The van der Waals surface area contributed by atoms with Gasteiger partial charge in [-0.25, -0.2) is 0 Å². The van der Waals surface area contributed by atoms with E-state index in [-0.39, 0.29) is 31.7 Å². The minimum Gasteiger partial charge on any atom is -0.194 e. The molecule has 37 heavy (non-hydrogen) atoms. The Morgan fingerprint density at radius 3 is 1.68 bits per heavy atom. The van der Waals surface area contributed by atoms with Gasteiger partial charge in [-0.3, -0.25) is 0 Å². The molecule has 0 saturated carbocycles. The Bertz CT molecular complexity index is 1720. The highest BCUT2D eigenvalue weighted by molar-refractivity contribution is 7.19. The lowest BCUT2D eigenvalue weighted by Gasteiger charge is -2.26. The van der Waals surface area contributed by atoms with Gasteiger partial charge in [-0.2, -0.15) is 26.3 Å². The van der Waals surface area contributed by atoms with Crippen LogP contribution < -0.4 is 0 Å². The van der Waals surface area contributed by atoms with Gasteiger partial charge in [-0.05, 0) is 43.2 Å². The van der Waals surface area contributed by atoms with Gasteiger partial charge in [0.05, 0.1) is 0 Å². The summed E-state index contributed by atoms with van der Waals surface area (Å²) >= 11 is 2.24. The normalized spacial score (nSPS) is 18.3. The van der Waals surface area contributed by atoms with Crippen LogP contribution in [0.5, 0.6) is 0 Å². The van der Waals surface area contributed by atoms with Crippen LogP contribution in [0, 0.1) is 13.8 Å². The van der Waals surface area contributed by atoms with E-state index in [0.717, 1.165) is 28.2 Å². The van der Waals surface area contributed by atoms with Gasteiger partial charge in [0.15, 0.2) is 0 Å². The van der Waals surface area contributed by atoms with Crippen LogP contribution in [0.4, 0.5) is 26.3 Å². The van der Waals surface area contributed by atoms with Crippen LogP contribution in [-0.4, -0.2) is 17.8 Å². The molecule has 2 aromatic heterocycles. The van der Waals surface area contributed by atoms with E-state index in [0.29, 0.717) is 15.0 Å². The fourth-order valence-corrected chi connectivity index (χ4v) is 7.33. The van der Waals surface area contributed by atoms with Crippen LogP contribution in [0.3, 0.4) is 0 Å². The van der Waals surface area contributed by atoms with E-state index in [1.54, 1.807) is 36.4 Å². The lowest BCUT2D eigenvalue weighted by Crippen LogP contribution is -2.48. The number of aryl methyl sites for hydroxylation is 2. The van der Waals surface area contributed by atoms with Crippen molar-refractivity contribution in [1.29, 1.82) is 0 Å². The van der Waals surface area contributed by atoms with Crippen molar-refractivity contribution < 1.29 is 26.3 Å². The Hall–Kier alpha value is -3.10. The van der Waals surface area contributed by atoms with Crippen LogP contribution >= 0.6 is 22.7 Å². The number of thiophene rings is 2. The molecule has 188 valence electrons. The van der Waals surface area contributed by atoms with Crippen molar-refractivity contribution >= 4 is 54.0 Å². The van der Waals surface area contributed by atoms with Gasteiger partial charge >= 0.3 is 17.8 Å². The first kappa shape index (κ1) is 24.2. The second-order valence-electron chi connectivity index (χ2n) is 9.11. The average Bonchev–Trinajstić information content (AvgIpc) is 3.39. The summed E-state index contributed by atoms with van der Waals surface area (Å²) in [5, 5.41) is 0.509. The average molecular weight is 545 g/mol. The fraction of sp³-hybridized carbons (Fsp3) is 0.172. The topological polar surface area (TPSA) is 0 Å². The summed E-state index contributed by atoms with van der Waals surface area (Å²) in [5.74, 6) is -15.8. The molecule has 0 radical (unpaired) electrons. The molecule has 2 heterocycles. The lowest BCUT2D eigenvalue weighted by molar-refractivity contribution is -0.254. The van der Waals surface area contributed by atoms with Gasteiger partial charge in [-0.15, -0.1) is 22.7 Å². The largest absolute Gasteiger partial charge is 0.380 e. The third-order valence-corrected chi connectivity index (χ3v) is 9.08. The van der Waals surface area contributed by atoms with E-state index in [2.05, 4.69) is 0 Å². The molecule has 6 rings (SSSR count). The van der Waals surface area contributed by atoms with Crippen LogP contribution in [0.2, 0.25) is 0 Å². The van der Waals surface area contributed by atoms with Crippen molar-refractivity contribution in [2.75, 3.05) is 0 Å². The zero-order valence-electron chi connectivity index (χ0n) is 19.5. The minimum atomic E-state index is -5.60. The summed E-state index contributed by atoms with van der Waals surface area (Å²) in [4.78, 5) is 0.558. The molecule has 0 nitrogen and oxygen atoms in total. The van der Waals surface area contributed by atoms with Gasteiger partial charge in [0, 0.05) is 52.2 Å². The Labute approximate surface area is 216 Å². The SMILES string of the molecule is Cc1sc2ccccc2c1C1=C(c2c(C)sc3ccc(-c4ccccc4)cc23)C(F)(F)C(F)(F)C1(F)F. The van der Waals surface area contributed by atoms with E-state index >= 15 is 26.3 Å². The Morgan fingerprint density at radius 2 is 1.05 bits per heavy atom. The highest BCUT2D eigenvalue weighted by Gasteiger charge is 2.80. The molecule has 0 aliphatic heterocycles. The summed E-state index contributed by atoms with van der Waals surface area (Å²) < 4.78 is 93.8. The number of rotatable bonds is 3. The predicted molar refractivity (Wildman–Crippen MR) is 140 cm³/mol. The third-order valence-electron chi connectivity index (χ3n) is 6.91. The van der Waals surface area contributed by atoms with Gasteiger partial charge < -0.3 is 0 Å². The number of hydrogen-bond donors (Lipinski definition) is 0. The Morgan fingerprint density at radius 1 is 0.541 bits per heavy atom. The molecule has 0 N–H and O–H groups in total. The van der Waals surface area contributed by atoms with E-state index in [1.165, 1.54) is 19.9 Å². The second kappa shape index (κ2) is 7.95. The van der Waals surface area contributed by atoms with E-state index < -0.39 is 28.9 Å². The second-order valence-corrected chi connectivity index (χ2v) is 11.6. The monoisotopic (exact) mass is 544 g/mol. The minimum absolute atomic E-state index is 0.240. The van der Waals surface area contributed by atoms with Gasteiger partial charge in [0.1, 0.15) is 0 Å². The van der Waals surface area contributed by atoms with Gasteiger partial charge in [-0.1, -0.05) is 54.6 Å². The number of hydrogen-bond acceptors (Lipinski definition) is 2. The molecule has 8 heteroatoms. The molecule has 0 unspecified atom stereocenters. The number of alkyl halides is 6. The zero-order chi connectivity index (χ0) is 26.3. The van der Waals surface area contributed by atoms with E-state index in [4.69, 9.17) is 0 Å². The van der Waals surface area contributed by atoms with Crippen molar-refractivity contribution in [2.45, 2.75) is 31.6 Å². The molecule has 0 amide bonds. The molecule has 0 atom stereocenters. The van der Waals surface area contributed by atoms with E-state index in [1.807, 2.05) is 30.3 Å². The summed E-state index contributed by atoms with van der Waals surface area (Å²) in [6, 6.07) is 20.7.